The third kappa shape index (κ3) is 3.03. The van der Waals surface area contributed by atoms with Gasteiger partial charge in [-0.15, -0.1) is 0 Å². The van der Waals surface area contributed by atoms with Gasteiger partial charge < -0.3 is 4.98 Å². The first-order valence-corrected chi connectivity index (χ1v) is 8.51. The zero-order valence-electron chi connectivity index (χ0n) is 14.4. The van der Waals surface area contributed by atoms with E-state index in [-0.39, 0.29) is 5.56 Å². The molecule has 0 bridgehead atoms. The maximum absolute atomic E-state index is 12.8. The highest BCUT2D eigenvalue weighted by molar-refractivity contribution is 5.94. The summed E-state index contributed by atoms with van der Waals surface area (Å²) in [6, 6.07) is 24.8. The van der Waals surface area contributed by atoms with Crippen molar-refractivity contribution in [3.63, 3.8) is 0 Å². The van der Waals surface area contributed by atoms with Crippen molar-refractivity contribution in [1.82, 2.24) is 9.97 Å². The van der Waals surface area contributed by atoms with E-state index >= 15 is 0 Å². The fourth-order valence-corrected chi connectivity index (χ4v) is 3.21. The Morgan fingerprint density at radius 2 is 1.56 bits per heavy atom. The average molecular weight is 349 g/mol. The highest BCUT2D eigenvalue weighted by atomic mass is 16.1. The molecule has 0 aliphatic rings. The second kappa shape index (κ2) is 7.11. The summed E-state index contributed by atoms with van der Waals surface area (Å²) in [6.45, 7) is 0. The van der Waals surface area contributed by atoms with E-state index in [2.05, 4.69) is 16.0 Å². The molecule has 128 valence electrons. The first-order chi connectivity index (χ1) is 13.3. The molecule has 1 N–H and O–H groups in total. The summed E-state index contributed by atoms with van der Waals surface area (Å²) in [7, 11) is 0. The van der Waals surface area contributed by atoms with Crippen LogP contribution in [0.3, 0.4) is 0 Å². The Labute approximate surface area is 156 Å². The van der Waals surface area contributed by atoms with Gasteiger partial charge in [-0.05, 0) is 23.8 Å². The van der Waals surface area contributed by atoms with Gasteiger partial charge in [-0.2, -0.15) is 5.26 Å². The number of rotatable bonds is 3. The molecule has 0 unspecified atom stereocenters. The molecular formula is C23H15N3O. The van der Waals surface area contributed by atoms with Gasteiger partial charge in [-0.1, -0.05) is 54.6 Å². The molecule has 0 atom stereocenters. The molecule has 0 aliphatic carbocycles. The molecule has 0 saturated heterocycles. The van der Waals surface area contributed by atoms with Crippen LogP contribution in [0.1, 0.15) is 5.56 Å². The van der Waals surface area contributed by atoms with Crippen molar-refractivity contribution in [2.45, 2.75) is 0 Å². The minimum atomic E-state index is -0.240. The summed E-state index contributed by atoms with van der Waals surface area (Å²) in [5.74, 6) is 0. The van der Waals surface area contributed by atoms with Gasteiger partial charge in [-0.3, -0.25) is 9.78 Å². The Balaban J connectivity index is 2.15. The molecule has 4 nitrogen and oxygen atoms in total. The highest BCUT2D eigenvalue weighted by Crippen LogP contribution is 2.38. The second-order valence-electron chi connectivity index (χ2n) is 6.02. The largest absolute Gasteiger partial charge is 0.328 e. The first-order valence-electron chi connectivity index (χ1n) is 8.51. The molecule has 0 radical (unpaired) electrons. The summed E-state index contributed by atoms with van der Waals surface area (Å²) in [5.41, 5.74) is 4.52. The van der Waals surface area contributed by atoms with Gasteiger partial charge in [0.05, 0.1) is 22.9 Å². The van der Waals surface area contributed by atoms with E-state index in [9.17, 15) is 10.1 Å². The molecule has 2 aromatic heterocycles. The third-order valence-electron chi connectivity index (χ3n) is 4.42. The Morgan fingerprint density at radius 1 is 0.815 bits per heavy atom. The van der Waals surface area contributed by atoms with Crippen LogP contribution in [0.25, 0.3) is 33.5 Å². The van der Waals surface area contributed by atoms with Gasteiger partial charge in [0.25, 0.3) is 5.56 Å². The molecule has 2 aromatic carbocycles. The quantitative estimate of drug-likeness (QED) is 0.586. The molecule has 0 spiro atoms. The van der Waals surface area contributed by atoms with Crippen molar-refractivity contribution >= 4 is 0 Å². The monoisotopic (exact) mass is 349 g/mol. The van der Waals surface area contributed by atoms with Crippen molar-refractivity contribution in [3.8, 4) is 39.6 Å². The molecule has 0 aliphatic heterocycles. The summed E-state index contributed by atoms with van der Waals surface area (Å²) < 4.78 is 0. The van der Waals surface area contributed by atoms with Crippen molar-refractivity contribution in [2.75, 3.05) is 0 Å². The van der Waals surface area contributed by atoms with Crippen LogP contribution in [0.5, 0.6) is 0 Å². The van der Waals surface area contributed by atoms with Gasteiger partial charge in [0.15, 0.2) is 0 Å². The predicted molar refractivity (Wildman–Crippen MR) is 106 cm³/mol. The lowest BCUT2D eigenvalue weighted by Crippen LogP contribution is -2.12. The lowest BCUT2D eigenvalue weighted by Gasteiger charge is -2.15. The Hall–Kier alpha value is -3.97. The summed E-state index contributed by atoms with van der Waals surface area (Å²) in [4.78, 5) is 20.0. The number of pyridine rings is 2. The van der Waals surface area contributed by atoms with Crippen LogP contribution in [0, 0.1) is 11.3 Å². The number of aromatic nitrogens is 2. The smallest absolute Gasteiger partial charge is 0.258 e. The topological polar surface area (TPSA) is 69.5 Å². The fourth-order valence-electron chi connectivity index (χ4n) is 3.21. The summed E-state index contributed by atoms with van der Waals surface area (Å²) in [5, 5.41) is 9.62. The molecule has 4 aromatic rings. The van der Waals surface area contributed by atoms with Crippen LogP contribution in [0.4, 0.5) is 0 Å². The summed E-state index contributed by atoms with van der Waals surface area (Å²) in [6.07, 6.45) is 3.36. The second-order valence-corrected chi connectivity index (χ2v) is 6.02. The number of nitrogens with one attached hydrogen (secondary N) is 1. The highest BCUT2D eigenvalue weighted by Gasteiger charge is 2.20. The van der Waals surface area contributed by atoms with E-state index in [1.807, 2.05) is 60.7 Å². The Kier molecular flexibility index (Phi) is 4.34. The van der Waals surface area contributed by atoms with Crippen molar-refractivity contribution in [3.05, 3.63) is 101 Å². The lowest BCUT2D eigenvalue weighted by molar-refractivity contribution is 1.22. The Morgan fingerprint density at radius 3 is 2.30 bits per heavy atom. The van der Waals surface area contributed by atoms with Crippen LogP contribution < -0.4 is 5.56 Å². The SMILES string of the molecule is N#Cc1ccccc1-c1c(-c2ccccc2)c[nH]c(=O)c1-c1ccccn1. The van der Waals surface area contributed by atoms with Crippen LogP contribution >= 0.6 is 0 Å². The standard InChI is InChI=1S/C23H15N3O/c24-14-17-10-4-5-11-18(17)21-19(16-8-2-1-3-9-16)15-26-23(27)22(21)20-12-6-7-13-25-20/h1-13,15H,(H,26,27). The molecule has 2 heterocycles. The summed E-state index contributed by atoms with van der Waals surface area (Å²) >= 11 is 0. The van der Waals surface area contributed by atoms with Crippen LogP contribution in [0.2, 0.25) is 0 Å². The van der Waals surface area contributed by atoms with Crippen molar-refractivity contribution < 1.29 is 0 Å². The van der Waals surface area contributed by atoms with Crippen LogP contribution in [-0.2, 0) is 0 Å². The van der Waals surface area contributed by atoms with Crippen LogP contribution in [-0.4, -0.2) is 9.97 Å². The first kappa shape index (κ1) is 16.5. The molecule has 27 heavy (non-hydrogen) atoms. The van der Waals surface area contributed by atoms with Gasteiger partial charge >= 0.3 is 0 Å². The lowest BCUT2D eigenvalue weighted by atomic mass is 9.89. The van der Waals surface area contributed by atoms with E-state index in [0.717, 1.165) is 11.1 Å². The third-order valence-corrected chi connectivity index (χ3v) is 4.42. The molecular weight excluding hydrogens is 334 g/mol. The van der Waals surface area contributed by atoms with Gasteiger partial charge in [0.1, 0.15) is 0 Å². The predicted octanol–water partition coefficient (Wildman–Crippen LogP) is 4.64. The fraction of sp³-hybridized carbons (Fsp3) is 0. The molecule has 0 amide bonds. The van der Waals surface area contributed by atoms with E-state index in [1.54, 1.807) is 24.5 Å². The van der Waals surface area contributed by atoms with Crippen molar-refractivity contribution in [2.24, 2.45) is 0 Å². The van der Waals surface area contributed by atoms with Gasteiger partial charge in [-0.25, -0.2) is 0 Å². The van der Waals surface area contributed by atoms with E-state index in [0.29, 0.717) is 27.9 Å². The normalized spacial score (nSPS) is 10.3. The molecule has 4 heteroatoms. The van der Waals surface area contributed by atoms with Crippen molar-refractivity contribution in [1.29, 1.82) is 5.26 Å². The Bertz CT molecular complexity index is 1190. The minimum absolute atomic E-state index is 0.240. The number of H-pyrrole nitrogens is 1. The van der Waals surface area contributed by atoms with Gasteiger partial charge in [0.2, 0.25) is 0 Å². The molecule has 0 saturated carbocycles. The maximum atomic E-state index is 12.8. The number of benzene rings is 2. The maximum Gasteiger partial charge on any atom is 0.258 e. The number of aromatic amines is 1. The van der Waals surface area contributed by atoms with Gasteiger partial charge in [0, 0.05) is 29.1 Å². The minimum Gasteiger partial charge on any atom is -0.328 e. The van der Waals surface area contributed by atoms with Crippen LogP contribution in [0.15, 0.2) is 90.0 Å². The molecule has 4 rings (SSSR count). The average Bonchev–Trinajstić information content (AvgIpc) is 2.74. The zero-order chi connectivity index (χ0) is 18.6. The number of nitriles is 1. The number of hydrogen-bond donors (Lipinski definition) is 1. The van der Waals surface area contributed by atoms with E-state index < -0.39 is 0 Å². The number of hydrogen-bond acceptors (Lipinski definition) is 3. The molecule has 0 fully saturated rings. The number of nitrogens with zero attached hydrogens (tertiary/aromatic N) is 2. The van der Waals surface area contributed by atoms with E-state index in [4.69, 9.17) is 0 Å². The zero-order valence-corrected chi connectivity index (χ0v) is 14.4. The van der Waals surface area contributed by atoms with E-state index in [1.165, 1.54) is 0 Å².